The number of nitrogens with zero attached hydrogens (tertiary/aromatic N) is 3. The van der Waals surface area contributed by atoms with E-state index in [0.717, 1.165) is 0 Å². The van der Waals surface area contributed by atoms with Gasteiger partial charge in [-0.05, 0) is 20.3 Å². The van der Waals surface area contributed by atoms with Gasteiger partial charge in [-0.3, -0.25) is 9.69 Å². The van der Waals surface area contributed by atoms with Crippen LogP contribution in [0.4, 0.5) is 4.79 Å². The molecule has 2 N–H and O–H groups in total. The van der Waals surface area contributed by atoms with Gasteiger partial charge < -0.3 is 20.0 Å². The number of rotatable bonds is 6. The minimum Gasteiger partial charge on any atom is -0.480 e. The molecule has 0 unspecified atom stereocenters. The molecule has 0 aliphatic carbocycles. The van der Waals surface area contributed by atoms with Crippen LogP contribution in [-0.2, 0) is 4.79 Å². The Morgan fingerprint density at radius 1 is 1.20 bits per heavy atom. The molecule has 0 radical (unpaired) electrons. The van der Waals surface area contributed by atoms with Crippen LogP contribution in [0.15, 0.2) is 0 Å². The Labute approximate surface area is 119 Å². The van der Waals surface area contributed by atoms with E-state index in [4.69, 9.17) is 10.2 Å². The van der Waals surface area contributed by atoms with Gasteiger partial charge in [-0.25, -0.2) is 4.79 Å². The van der Waals surface area contributed by atoms with E-state index in [1.165, 1.54) is 0 Å². The molecule has 0 spiro atoms. The Morgan fingerprint density at radius 2 is 1.80 bits per heavy atom. The van der Waals surface area contributed by atoms with Crippen LogP contribution in [0.25, 0.3) is 0 Å². The smallest absolute Gasteiger partial charge is 0.320 e. The van der Waals surface area contributed by atoms with E-state index in [-0.39, 0.29) is 25.2 Å². The van der Waals surface area contributed by atoms with Crippen molar-refractivity contribution >= 4 is 12.0 Å². The predicted molar refractivity (Wildman–Crippen MR) is 74.6 cm³/mol. The molecule has 116 valence electrons. The van der Waals surface area contributed by atoms with Crippen molar-refractivity contribution in [2.75, 3.05) is 45.9 Å². The van der Waals surface area contributed by atoms with Gasteiger partial charge in [-0.2, -0.15) is 0 Å². The van der Waals surface area contributed by atoms with E-state index in [1.54, 1.807) is 9.80 Å². The number of aliphatic carboxylic acids is 1. The van der Waals surface area contributed by atoms with Crippen LogP contribution in [-0.4, -0.2) is 88.8 Å². The zero-order valence-electron chi connectivity index (χ0n) is 12.3. The Hall–Kier alpha value is -1.34. The first-order chi connectivity index (χ1) is 9.45. The van der Waals surface area contributed by atoms with Crippen molar-refractivity contribution in [2.24, 2.45) is 0 Å². The predicted octanol–water partition coefficient (Wildman–Crippen LogP) is -0.0986. The summed E-state index contributed by atoms with van der Waals surface area (Å²) in [6.45, 7) is 6.83. The number of hydrogen-bond acceptors (Lipinski definition) is 4. The Bertz CT molecular complexity index is 328. The van der Waals surface area contributed by atoms with Gasteiger partial charge >= 0.3 is 12.0 Å². The van der Waals surface area contributed by atoms with Gasteiger partial charge in [0.2, 0.25) is 0 Å². The lowest BCUT2D eigenvalue weighted by atomic mass is 10.2. The maximum Gasteiger partial charge on any atom is 0.320 e. The fourth-order valence-corrected chi connectivity index (χ4v) is 2.29. The van der Waals surface area contributed by atoms with Crippen LogP contribution in [0.3, 0.4) is 0 Å². The number of hydrogen-bond donors (Lipinski definition) is 2. The Balaban J connectivity index is 2.49. The lowest BCUT2D eigenvalue weighted by Crippen LogP contribution is -2.55. The van der Waals surface area contributed by atoms with Crippen LogP contribution in [0.5, 0.6) is 0 Å². The summed E-state index contributed by atoms with van der Waals surface area (Å²) >= 11 is 0. The summed E-state index contributed by atoms with van der Waals surface area (Å²) in [5.74, 6) is -0.837. The van der Waals surface area contributed by atoms with E-state index in [0.29, 0.717) is 39.1 Å². The molecule has 0 bridgehead atoms. The summed E-state index contributed by atoms with van der Waals surface area (Å²) in [5, 5.41) is 17.6. The minimum absolute atomic E-state index is 0.0246. The number of amides is 2. The normalized spacial score (nSPS) is 16.5. The van der Waals surface area contributed by atoms with Crippen LogP contribution < -0.4 is 0 Å². The first kappa shape index (κ1) is 16.7. The lowest BCUT2D eigenvalue weighted by Gasteiger charge is -2.38. The molecule has 0 aromatic carbocycles. The van der Waals surface area contributed by atoms with E-state index < -0.39 is 5.97 Å². The monoisotopic (exact) mass is 287 g/mol. The Morgan fingerprint density at radius 3 is 2.25 bits per heavy atom. The molecule has 20 heavy (non-hydrogen) atoms. The number of carbonyl (C=O) groups excluding carboxylic acids is 1. The third-order valence-corrected chi connectivity index (χ3v) is 3.43. The first-order valence-corrected chi connectivity index (χ1v) is 7.06. The molecule has 0 aromatic heterocycles. The van der Waals surface area contributed by atoms with Crippen molar-refractivity contribution in [3.05, 3.63) is 0 Å². The largest absolute Gasteiger partial charge is 0.480 e. The lowest BCUT2D eigenvalue weighted by molar-refractivity contribution is -0.138. The topological polar surface area (TPSA) is 84.3 Å². The number of carboxylic acid groups (broad SMARTS) is 1. The number of carboxylic acids is 1. The molecule has 1 saturated heterocycles. The zero-order valence-corrected chi connectivity index (χ0v) is 12.3. The van der Waals surface area contributed by atoms with Gasteiger partial charge in [-0.15, -0.1) is 0 Å². The SMILES string of the molecule is CC(C)N(CCCO)C(=O)N1CCN(CC(=O)O)CC1. The van der Waals surface area contributed by atoms with Gasteiger partial charge in [0.25, 0.3) is 0 Å². The molecule has 7 nitrogen and oxygen atoms in total. The average molecular weight is 287 g/mol. The molecule has 1 aliphatic heterocycles. The first-order valence-electron chi connectivity index (χ1n) is 7.06. The number of urea groups is 1. The van der Waals surface area contributed by atoms with Gasteiger partial charge in [0.05, 0.1) is 6.54 Å². The van der Waals surface area contributed by atoms with E-state index in [2.05, 4.69) is 0 Å². The van der Waals surface area contributed by atoms with Crippen LogP contribution >= 0.6 is 0 Å². The third-order valence-electron chi connectivity index (χ3n) is 3.43. The minimum atomic E-state index is -0.837. The quantitative estimate of drug-likeness (QED) is 0.713. The average Bonchev–Trinajstić information content (AvgIpc) is 2.38. The highest BCUT2D eigenvalue weighted by molar-refractivity contribution is 5.75. The van der Waals surface area contributed by atoms with Crippen LogP contribution in [0.2, 0.25) is 0 Å². The fourth-order valence-electron chi connectivity index (χ4n) is 2.29. The summed E-state index contributed by atoms with van der Waals surface area (Å²) in [7, 11) is 0. The summed E-state index contributed by atoms with van der Waals surface area (Å²) in [5.41, 5.74) is 0. The second-order valence-electron chi connectivity index (χ2n) is 5.30. The van der Waals surface area contributed by atoms with Crippen molar-refractivity contribution in [1.29, 1.82) is 0 Å². The van der Waals surface area contributed by atoms with Crippen molar-refractivity contribution < 1.29 is 19.8 Å². The molecule has 2 amide bonds. The highest BCUT2D eigenvalue weighted by Crippen LogP contribution is 2.09. The second kappa shape index (κ2) is 8.06. The third kappa shape index (κ3) is 4.97. The molecule has 7 heteroatoms. The molecular formula is C13H25N3O4. The molecular weight excluding hydrogens is 262 g/mol. The van der Waals surface area contributed by atoms with Crippen molar-refractivity contribution in [3.63, 3.8) is 0 Å². The van der Waals surface area contributed by atoms with Gasteiger partial charge in [0, 0.05) is 45.4 Å². The number of piperazine rings is 1. The molecule has 0 saturated carbocycles. The van der Waals surface area contributed by atoms with Gasteiger partial charge in [0.15, 0.2) is 0 Å². The second-order valence-corrected chi connectivity index (χ2v) is 5.30. The summed E-state index contributed by atoms with van der Waals surface area (Å²) in [6, 6.07) is 0.0644. The number of carbonyl (C=O) groups is 2. The summed E-state index contributed by atoms with van der Waals surface area (Å²) < 4.78 is 0. The Kier molecular flexibility index (Phi) is 6.74. The summed E-state index contributed by atoms with van der Waals surface area (Å²) in [6.07, 6.45) is 0.572. The maximum atomic E-state index is 12.4. The number of aliphatic hydroxyl groups is 1. The zero-order chi connectivity index (χ0) is 15.1. The van der Waals surface area contributed by atoms with Crippen molar-refractivity contribution in [1.82, 2.24) is 14.7 Å². The molecule has 0 atom stereocenters. The van der Waals surface area contributed by atoms with Gasteiger partial charge in [0.1, 0.15) is 0 Å². The van der Waals surface area contributed by atoms with E-state index >= 15 is 0 Å². The standard InChI is InChI=1S/C13H25N3O4/c1-11(2)16(4-3-9-17)13(20)15-7-5-14(6-8-15)10-12(18)19/h11,17H,3-10H2,1-2H3,(H,18,19). The van der Waals surface area contributed by atoms with Crippen LogP contribution in [0.1, 0.15) is 20.3 Å². The summed E-state index contributed by atoms with van der Waals surface area (Å²) in [4.78, 5) is 28.4. The van der Waals surface area contributed by atoms with E-state index in [9.17, 15) is 9.59 Å². The molecule has 0 aromatic rings. The van der Waals surface area contributed by atoms with Crippen molar-refractivity contribution in [3.8, 4) is 0 Å². The van der Waals surface area contributed by atoms with Crippen molar-refractivity contribution in [2.45, 2.75) is 26.3 Å². The highest BCUT2D eigenvalue weighted by Gasteiger charge is 2.26. The molecule has 1 rings (SSSR count). The number of aliphatic hydroxyl groups excluding tert-OH is 1. The van der Waals surface area contributed by atoms with Gasteiger partial charge in [-0.1, -0.05) is 0 Å². The highest BCUT2D eigenvalue weighted by atomic mass is 16.4. The van der Waals surface area contributed by atoms with E-state index in [1.807, 2.05) is 18.7 Å². The molecule has 1 aliphatic rings. The maximum absolute atomic E-state index is 12.4. The van der Waals surface area contributed by atoms with Crippen LogP contribution in [0, 0.1) is 0 Å². The molecule has 1 fully saturated rings. The molecule has 1 heterocycles. The fraction of sp³-hybridized carbons (Fsp3) is 0.846.